The van der Waals surface area contributed by atoms with Gasteiger partial charge >= 0.3 is 0 Å². The predicted molar refractivity (Wildman–Crippen MR) is 96.8 cm³/mol. The number of rotatable bonds is 2. The minimum Gasteiger partial charge on any atom is -0.281 e. The van der Waals surface area contributed by atoms with Crippen molar-refractivity contribution in [3.8, 4) is 11.3 Å². The molecule has 0 saturated heterocycles. The second kappa shape index (κ2) is 5.52. The third kappa shape index (κ3) is 2.37. The molecule has 1 aliphatic rings. The smallest absolute Gasteiger partial charge is 0.0958 e. The number of aromatic amines is 1. The van der Waals surface area contributed by atoms with Crippen LogP contribution < -0.4 is 0 Å². The lowest BCUT2D eigenvalue weighted by Gasteiger charge is -2.29. The van der Waals surface area contributed by atoms with Crippen molar-refractivity contribution in [3.05, 3.63) is 53.7 Å². The molecule has 0 unspecified atom stereocenters. The van der Waals surface area contributed by atoms with Gasteiger partial charge in [-0.2, -0.15) is 5.10 Å². The minimum absolute atomic E-state index is 0.584. The van der Waals surface area contributed by atoms with Crippen molar-refractivity contribution in [2.24, 2.45) is 5.92 Å². The highest BCUT2D eigenvalue weighted by Crippen LogP contribution is 2.45. The molecule has 118 valence electrons. The number of benzene rings is 2. The van der Waals surface area contributed by atoms with E-state index in [1.807, 2.05) is 0 Å². The highest BCUT2D eigenvalue weighted by atomic mass is 15.1. The van der Waals surface area contributed by atoms with Crippen LogP contribution in [-0.2, 0) is 0 Å². The van der Waals surface area contributed by atoms with Gasteiger partial charge in [0.15, 0.2) is 0 Å². The van der Waals surface area contributed by atoms with Crippen LogP contribution in [0.3, 0.4) is 0 Å². The zero-order valence-corrected chi connectivity index (χ0v) is 14.1. The van der Waals surface area contributed by atoms with Crippen LogP contribution in [0.1, 0.15) is 56.7 Å². The third-order valence-corrected chi connectivity index (χ3v) is 5.44. The van der Waals surface area contributed by atoms with E-state index in [0.29, 0.717) is 17.8 Å². The maximum atomic E-state index is 4.73. The SMILES string of the molecule is CC(C)[C@@H]1CC[C@H](C)c2c(-c3ccc4ccccc4c3)n[nH]c21. The monoisotopic (exact) mass is 304 g/mol. The molecule has 2 heteroatoms. The third-order valence-electron chi connectivity index (χ3n) is 5.44. The van der Waals surface area contributed by atoms with Crippen molar-refractivity contribution in [1.82, 2.24) is 10.2 Å². The van der Waals surface area contributed by atoms with E-state index < -0.39 is 0 Å². The van der Waals surface area contributed by atoms with Crippen LogP contribution in [-0.4, -0.2) is 10.2 Å². The largest absolute Gasteiger partial charge is 0.281 e. The summed E-state index contributed by atoms with van der Waals surface area (Å²) >= 11 is 0. The standard InChI is InChI=1S/C21H24N2/c1-13(2)18-11-8-14(3)19-20(22-23-21(18)19)17-10-9-15-6-4-5-7-16(15)12-17/h4-7,9-10,12-14,18H,8,11H2,1-3H3,(H,22,23)/t14-,18-/m0/s1. The Morgan fingerprint density at radius 3 is 2.61 bits per heavy atom. The van der Waals surface area contributed by atoms with Gasteiger partial charge in [0.25, 0.3) is 0 Å². The molecule has 0 radical (unpaired) electrons. The summed E-state index contributed by atoms with van der Waals surface area (Å²) in [5.74, 6) is 1.86. The zero-order chi connectivity index (χ0) is 16.0. The first-order chi connectivity index (χ1) is 11.1. The van der Waals surface area contributed by atoms with E-state index >= 15 is 0 Å². The lowest BCUT2D eigenvalue weighted by molar-refractivity contribution is 0.403. The number of hydrogen-bond acceptors (Lipinski definition) is 1. The van der Waals surface area contributed by atoms with Crippen molar-refractivity contribution >= 4 is 10.8 Å². The lowest BCUT2D eigenvalue weighted by atomic mass is 9.75. The fourth-order valence-corrected chi connectivity index (χ4v) is 4.09. The summed E-state index contributed by atoms with van der Waals surface area (Å²) in [5, 5.41) is 10.7. The van der Waals surface area contributed by atoms with Crippen LogP contribution in [0.25, 0.3) is 22.0 Å². The topological polar surface area (TPSA) is 28.7 Å². The number of nitrogens with zero attached hydrogens (tertiary/aromatic N) is 1. The van der Waals surface area contributed by atoms with Crippen molar-refractivity contribution < 1.29 is 0 Å². The van der Waals surface area contributed by atoms with Crippen LogP contribution >= 0.6 is 0 Å². The Bertz CT molecular complexity index is 844. The molecular formula is C21H24N2. The van der Waals surface area contributed by atoms with Crippen LogP contribution in [0.4, 0.5) is 0 Å². The molecule has 1 aliphatic carbocycles. The molecule has 2 aromatic carbocycles. The van der Waals surface area contributed by atoms with Gasteiger partial charge in [-0.05, 0) is 41.5 Å². The van der Waals surface area contributed by atoms with Crippen LogP contribution in [0.2, 0.25) is 0 Å². The van der Waals surface area contributed by atoms with Gasteiger partial charge in [-0.15, -0.1) is 0 Å². The average molecular weight is 304 g/mol. The molecule has 1 heterocycles. The molecular weight excluding hydrogens is 280 g/mol. The van der Waals surface area contributed by atoms with E-state index in [0.717, 1.165) is 5.69 Å². The average Bonchev–Trinajstić information content (AvgIpc) is 3.00. The van der Waals surface area contributed by atoms with Crippen molar-refractivity contribution in [3.63, 3.8) is 0 Å². The van der Waals surface area contributed by atoms with E-state index in [-0.39, 0.29) is 0 Å². The Morgan fingerprint density at radius 1 is 1.04 bits per heavy atom. The summed E-state index contributed by atoms with van der Waals surface area (Å²) in [7, 11) is 0. The van der Waals surface area contributed by atoms with Gasteiger partial charge in [-0.1, -0.05) is 57.2 Å². The van der Waals surface area contributed by atoms with Gasteiger partial charge in [0.2, 0.25) is 0 Å². The quantitative estimate of drug-likeness (QED) is 0.630. The van der Waals surface area contributed by atoms with E-state index in [4.69, 9.17) is 5.10 Å². The van der Waals surface area contributed by atoms with Gasteiger partial charge in [0.1, 0.15) is 0 Å². The van der Waals surface area contributed by atoms with E-state index in [2.05, 4.69) is 68.3 Å². The van der Waals surface area contributed by atoms with Crippen LogP contribution in [0, 0.1) is 5.92 Å². The molecule has 0 amide bonds. The Hall–Kier alpha value is -2.09. The molecule has 0 spiro atoms. The molecule has 0 bridgehead atoms. The molecule has 23 heavy (non-hydrogen) atoms. The van der Waals surface area contributed by atoms with Crippen molar-refractivity contribution in [1.29, 1.82) is 0 Å². The lowest BCUT2D eigenvalue weighted by Crippen LogP contribution is -2.16. The normalized spacial score (nSPS) is 20.9. The first-order valence-corrected chi connectivity index (χ1v) is 8.72. The number of nitrogens with one attached hydrogen (secondary N) is 1. The highest BCUT2D eigenvalue weighted by Gasteiger charge is 2.31. The van der Waals surface area contributed by atoms with Gasteiger partial charge < -0.3 is 0 Å². The Kier molecular flexibility index (Phi) is 3.48. The second-order valence-corrected chi connectivity index (χ2v) is 7.29. The molecule has 3 aromatic rings. The Balaban J connectivity index is 1.86. The number of aromatic nitrogens is 2. The molecule has 4 rings (SSSR count). The number of hydrogen-bond donors (Lipinski definition) is 1. The molecule has 0 aliphatic heterocycles. The first-order valence-electron chi connectivity index (χ1n) is 8.72. The minimum atomic E-state index is 0.584. The van der Waals surface area contributed by atoms with Gasteiger partial charge in [0.05, 0.1) is 5.69 Å². The van der Waals surface area contributed by atoms with E-state index in [1.165, 1.54) is 40.4 Å². The first kappa shape index (κ1) is 14.5. The van der Waals surface area contributed by atoms with Gasteiger partial charge in [-0.3, -0.25) is 5.10 Å². The summed E-state index contributed by atoms with van der Waals surface area (Å²) in [5.41, 5.74) is 5.22. The van der Waals surface area contributed by atoms with E-state index in [1.54, 1.807) is 0 Å². The number of H-pyrrole nitrogens is 1. The van der Waals surface area contributed by atoms with Crippen molar-refractivity contribution in [2.75, 3.05) is 0 Å². The fourth-order valence-electron chi connectivity index (χ4n) is 4.09. The summed E-state index contributed by atoms with van der Waals surface area (Å²) in [4.78, 5) is 0. The van der Waals surface area contributed by atoms with Crippen LogP contribution in [0.15, 0.2) is 42.5 Å². The summed E-state index contributed by atoms with van der Waals surface area (Å²) in [6.45, 7) is 6.98. The molecule has 0 fully saturated rings. The fraction of sp³-hybridized carbons (Fsp3) is 0.381. The molecule has 2 nitrogen and oxygen atoms in total. The molecule has 1 N–H and O–H groups in total. The number of fused-ring (bicyclic) bond motifs is 2. The van der Waals surface area contributed by atoms with E-state index in [9.17, 15) is 0 Å². The Labute approximate surface area is 137 Å². The highest BCUT2D eigenvalue weighted by molar-refractivity contribution is 5.87. The zero-order valence-electron chi connectivity index (χ0n) is 14.1. The molecule has 1 aromatic heterocycles. The summed E-state index contributed by atoms with van der Waals surface area (Å²) in [6.07, 6.45) is 2.53. The predicted octanol–water partition coefficient (Wildman–Crippen LogP) is 5.87. The summed E-state index contributed by atoms with van der Waals surface area (Å²) in [6, 6.07) is 15.2. The van der Waals surface area contributed by atoms with Gasteiger partial charge in [-0.25, -0.2) is 0 Å². The van der Waals surface area contributed by atoms with Crippen molar-refractivity contribution in [2.45, 2.75) is 45.4 Å². The molecule has 2 atom stereocenters. The van der Waals surface area contributed by atoms with Crippen LogP contribution in [0.5, 0.6) is 0 Å². The second-order valence-electron chi connectivity index (χ2n) is 7.29. The Morgan fingerprint density at radius 2 is 1.83 bits per heavy atom. The molecule has 0 saturated carbocycles. The van der Waals surface area contributed by atoms with Gasteiger partial charge in [0, 0.05) is 22.7 Å². The maximum Gasteiger partial charge on any atom is 0.0958 e. The summed E-state index contributed by atoms with van der Waals surface area (Å²) < 4.78 is 0. The maximum absolute atomic E-state index is 4.73.